The Hall–Kier alpha value is -0.540. The van der Waals surface area contributed by atoms with Crippen molar-refractivity contribution in [1.29, 1.82) is 0 Å². The topological polar surface area (TPSA) is 177 Å². The van der Waals surface area contributed by atoms with Gasteiger partial charge in [0.2, 0.25) is 0 Å². The molecule has 0 radical (unpaired) electrons. The molecular formula is C12H22CaO8. The van der Waals surface area contributed by atoms with Gasteiger partial charge in [0, 0.05) is 11.8 Å². The van der Waals surface area contributed by atoms with Gasteiger partial charge in [-0.1, -0.05) is 27.7 Å². The van der Waals surface area contributed by atoms with E-state index in [1.807, 2.05) is 0 Å². The van der Waals surface area contributed by atoms with E-state index in [4.69, 9.17) is 0 Å². The standard InChI is InChI=1S/2C6H10O3.Ca.2H2O/c2*1-3-4(2)5(7)6(8)9;;;/h2*4H,3H2,1-2H3,(H,8,9);;2*1H2/q;;+2;;/p-2. The smallest absolute Gasteiger partial charge is 0.542 e. The Balaban J connectivity index is -0.0000000711. The second-order valence-corrected chi connectivity index (χ2v) is 3.92. The van der Waals surface area contributed by atoms with E-state index in [1.54, 1.807) is 27.7 Å². The summed E-state index contributed by atoms with van der Waals surface area (Å²) in [6.45, 7) is 6.65. The minimum Gasteiger partial charge on any atom is -0.542 e. The van der Waals surface area contributed by atoms with E-state index in [0.29, 0.717) is 12.8 Å². The molecule has 120 valence electrons. The Morgan fingerprint density at radius 1 is 0.762 bits per heavy atom. The molecule has 0 rings (SSSR count). The molecule has 0 spiro atoms. The molecule has 0 saturated carbocycles. The van der Waals surface area contributed by atoms with Gasteiger partial charge in [-0.25, -0.2) is 0 Å². The number of carboxylic acid groups (broad SMARTS) is 2. The van der Waals surface area contributed by atoms with Crippen LogP contribution in [0.15, 0.2) is 0 Å². The van der Waals surface area contributed by atoms with Gasteiger partial charge in [-0.2, -0.15) is 0 Å². The zero-order valence-electron chi connectivity index (χ0n) is 12.7. The molecule has 0 bridgehead atoms. The number of hydrogen-bond donors (Lipinski definition) is 0. The molecule has 4 N–H and O–H groups in total. The fourth-order valence-electron chi connectivity index (χ4n) is 0.773. The monoisotopic (exact) mass is 334 g/mol. The molecule has 0 aromatic rings. The second-order valence-electron chi connectivity index (χ2n) is 3.92. The predicted octanol–water partition coefficient (Wildman–Crippen LogP) is -3.33. The van der Waals surface area contributed by atoms with Crippen LogP contribution >= 0.6 is 0 Å². The zero-order chi connectivity index (χ0) is 14.9. The van der Waals surface area contributed by atoms with Crippen LogP contribution in [0.3, 0.4) is 0 Å². The summed E-state index contributed by atoms with van der Waals surface area (Å²) in [4.78, 5) is 40.5. The SMILES string of the molecule is CCC(C)C(=O)C(=O)[O-].CCC(C)C(=O)C(=O)[O-].O.O.[Ca+2]. The number of aliphatic carboxylic acids is 2. The van der Waals surface area contributed by atoms with Gasteiger partial charge in [0.25, 0.3) is 0 Å². The van der Waals surface area contributed by atoms with Gasteiger partial charge in [0.05, 0.1) is 0 Å². The van der Waals surface area contributed by atoms with Gasteiger partial charge in [0.15, 0.2) is 11.6 Å². The average molecular weight is 334 g/mol. The van der Waals surface area contributed by atoms with Crippen LogP contribution in [0.1, 0.15) is 40.5 Å². The van der Waals surface area contributed by atoms with Gasteiger partial charge in [-0.15, -0.1) is 0 Å². The number of carbonyl (C=O) groups is 4. The van der Waals surface area contributed by atoms with Crippen molar-refractivity contribution in [2.75, 3.05) is 0 Å². The van der Waals surface area contributed by atoms with Crippen LogP contribution in [0.25, 0.3) is 0 Å². The van der Waals surface area contributed by atoms with Gasteiger partial charge in [-0.05, 0) is 12.8 Å². The number of carbonyl (C=O) groups excluding carboxylic acids is 4. The third kappa shape index (κ3) is 15.7. The Morgan fingerprint density at radius 2 is 0.952 bits per heavy atom. The molecule has 0 aliphatic carbocycles. The first-order valence-corrected chi connectivity index (χ1v) is 5.69. The third-order valence-corrected chi connectivity index (χ3v) is 2.52. The first-order chi connectivity index (χ1) is 8.18. The summed E-state index contributed by atoms with van der Waals surface area (Å²) >= 11 is 0. The van der Waals surface area contributed by atoms with E-state index in [2.05, 4.69) is 0 Å². The second kappa shape index (κ2) is 17.5. The molecule has 0 aromatic heterocycles. The number of carboxylic acids is 2. The summed E-state index contributed by atoms with van der Waals surface area (Å²) in [5.74, 6) is -5.59. The van der Waals surface area contributed by atoms with Crippen LogP contribution in [-0.2, 0) is 19.2 Å². The van der Waals surface area contributed by atoms with Crippen molar-refractivity contribution >= 4 is 61.2 Å². The van der Waals surface area contributed by atoms with Gasteiger partial charge in [-0.3, -0.25) is 9.59 Å². The maximum absolute atomic E-state index is 10.4. The molecule has 0 fully saturated rings. The largest absolute Gasteiger partial charge is 2.00 e. The fourth-order valence-corrected chi connectivity index (χ4v) is 0.773. The van der Waals surface area contributed by atoms with Crippen molar-refractivity contribution < 1.29 is 40.3 Å². The maximum Gasteiger partial charge on any atom is 2.00 e. The Bertz CT molecular complexity index is 297. The van der Waals surface area contributed by atoms with Crippen molar-refractivity contribution in [2.45, 2.75) is 40.5 Å². The van der Waals surface area contributed by atoms with E-state index in [1.165, 1.54) is 0 Å². The van der Waals surface area contributed by atoms with Crippen molar-refractivity contribution in [2.24, 2.45) is 11.8 Å². The van der Waals surface area contributed by atoms with Crippen molar-refractivity contribution in [3.05, 3.63) is 0 Å². The number of ketones is 2. The summed E-state index contributed by atoms with van der Waals surface area (Å²) in [7, 11) is 0. The van der Waals surface area contributed by atoms with Crippen LogP contribution in [0.2, 0.25) is 0 Å². The Labute approximate surface area is 153 Å². The summed E-state index contributed by atoms with van der Waals surface area (Å²) in [6.07, 6.45) is 1.10. The molecule has 9 heteroatoms. The number of rotatable bonds is 6. The Morgan fingerprint density at radius 3 is 1.00 bits per heavy atom. The first-order valence-electron chi connectivity index (χ1n) is 5.69. The zero-order valence-corrected chi connectivity index (χ0v) is 14.9. The molecule has 0 heterocycles. The molecule has 2 atom stereocenters. The molecule has 2 unspecified atom stereocenters. The summed E-state index contributed by atoms with van der Waals surface area (Å²) in [5, 5.41) is 19.7. The van der Waals surface area contributed by atoms with E-state index in [-0.39, 0.29) is 48.7 Å². The maximum atomic E-state index is 10.4. The summed E-state index contributed by atoms with van der Waals surface area (Å²) in [6, 6.07) is 0. The van der Waals surface area contributed by atoms with Gasteiger partial charge < -0.3 is 30.8 Å². The van der Waals surface area contributed by atoms with Crippen molar-refractivity contribution in [3.8, 4) is 0 Å². The Kier molecular flexibility index (Phi) is 27.0. The first kappa shape index (κ1) is 32.4. The molecule has 0 aliphatic rings. The summed E-state index contributed by atoms with van der Waals surface area (Å²) < 4.78 is 0. The third-order valence-electron chi connectivity index (χ3n) is 2.52. The van der Waals surface area contributed by atoms with Gasteiger partial charge in [0.1, 0.15) is 11.9 Å². The predicted molar refractivity (Wildman–Crippen MR) is 71.9 cm³/mol. The molecule has 21 heavy (non-hydrogen) atoms. The summed E-state index contributed by atoms with van der Waals surface area (Å²) in [5.41, 5.74) is 0. The minimum atomic E-state index is -1.58. The van der Waals surface area contributed by atoms with Crippen LogP contribution in [0, 0.1) is 11.8 Å². The molecule has 0 amide bonds. The van der Waals surface area contributed by atoms with Gasteiger partial charge >= 0.3 is 37.7 Å². The van der Waals surface area contributed by atoms with Crippen molar-refractivity contribution in [3.63, 3.8) is 0 Å². The van der Waals surface area contributed by atoms with Crippen LogP contribution in [-0.4, -0.2) is 72.2 Å². The van der Waals surface area contributed by atoms with E-state index >= 15 is 0 Å². The number of hydrogen-bond acceptors (Lipinski definition) is 6. The van der Waals surface area contributed by atoms with Crippen LogP contribution in [0.4, 0.5) is 0 Å². The molecule has 8 nitrogen and oxygen atoms in total. The molecular weight excluding hydrogens is 312 g/mol. The normalized spacial score (nSPS) is 10.9. The van der Waals surface area contributed by atoms with E-state index in [9.17, 15) is 29.4 Å². The van der Waals surface area contributed by atoms with E-state index in [0.717, 1.165) is 0 Å². The van der Waals surface area contributed by atoms with Crippen LogP contribution in [0.5, 0.6) is 0 Å². The average Bonchev–Trinajstić information content (AvgIpc) is 2.35. The van der Waals surface area contributed by atoms with Crippen molar-refractivity contribution in [1.82, 2.24) is 0 Å². The molecule has 0 aliphatic heterocycles. The van der Waals surface area contributed by atoms with E-state index < -0.39 is 35.3 Å². The molecule has 0 aromatic carbocycles. The molecule has 0 saturated heterocycles. The fraction of sp³-hybridized carbons (Fsp3) is 0.667. The van der Waals surface area contributed by atoms with Crippen LogP contribution < -0.4 is 10.2 Å². The quantitative estimate of drug-likeness (QED) is 0.362. The minimum absolute atomic E-state index is 0. The number of Topliss-reactive ketones (excluding diaryl/α,β-unsaturated/α-hetero) is 2.